The number of hydrogen-bond acceptors (Lipinski definition) is 3. The maximum atomic E-state index is 13.5. The van der Waals surface area contributed by atoms with E-state index in [2.05, 4.69) is 0 Å². The van der Waals surface area contributed by atoms with Crippen LogP contribution >= 0.6 is 0 Å². The molecule has 0 aliphatic carbocycles. The summed E-state index contributed by atoms with van der Waals surface area (Å²) in [7, 11) is 1.42. The number of nitro benzene ring substituents is 1. The monoisotopic (exact) mass is 275 g/mol. The molecule has 0 atom stereocenters. The first-order chi connectivity index (χ1) is 9.61. The SMILES string of the molecule is COc1cc(F)c([N+](=O)[O-])cc1CCc1ccccc1. The van der Waals surface area contributed by atoms with Crippen LogP contribution < -0.4 is 4.74 Å². The maximum absolute atomic E-state index is 13.5. The van der Waals surface area contributed by atoms with E-state index in [0.29, 0.717) is 24.2 Å². The van der Waals surface area contributed by atoms with E-state index in [4.69, 9.17) is 4.74 Å². The van der Waals surface area contributed by atoms with Crippen LogP contribution in [0.15, 0.2) is 42.5 Å². The number of ether oxygens (including phenoxy) is 1. The maximum Gasteiger partial charge on any atom is 0.305 e. The quantitative estimate of drug-likeness (QED) is 0.619. The van der Waals surface area contributed by atoms with Crippen LogP contribution in [-0.4, -0.2) is 12.0 Å². The van der Waals surface area contributed by atoms with Crippen LogP contribution in [0.5, 0.6) is 5.75 Å². The van der Waals surface area contributed by atoms with Gasteiger partial charge in [0.15, 0.2) is 0 Å². The molecule has 0 heterocycles. The Morgan fingerprint density at radius 1 is 1.20 bits per heavy atom. The third-order valence-corrected chi connectivity index (χ3v) is 3.07. The summed E-state index contributed by atoms with van der Waals surface area (Å²) in [5.74, 6) is -0.542. The van der Waals surface area contributed by atoms with E-state index in [1.807, 2.05) is 30.3 Å². The zero-order valence-electron chi connectivity index (χ0n) is 11.0. The predicted octanol–water partition coefficient (Wildman–Crippen LogP) is 3.53. The lowest BCUT2D eigenvalue weighted by molar-refractivity contribution is -0.387. The zero-order chi connectivity index (χ0) is 14.5. The smallest absolute Gasteiger partial charge is 0.305 e. The van der Waals surface area contributed by atoms with Crippen molar-refractivity contribution in [3.8, 4) is 5.75 Å². The number of nitro groups is 1. The van der Waals surface area contributed by atoms with Crippen LogP contribution in [0.1, 0.15) is 11.1 Å². The summed E-state index contributed by atoms with van der Waals surface area (Å²) in [5, 5.41) is 10.8. The molecular weight excluding hydrogens is 261 g/mol. The molecule has 0 amide bonds. The highest BCUT2D eigenvalue weighted by atomic mass is 19.1. The second-order valence-electron chi connectivity index (χ2n) is 4.36. The first-order valence-corrected chi connectivity index (χ1v) is 6.16. The van der Waals surface area contributed by atoms with Crippen LogP contribution in [0.3, 0.4) is 0 Å². The highest BCUT2D eigenvalue weighted by Crippen LogP contribution is 2.28. The topological polar surface area (TPSA) is 52.4 Å². The van der Waals surface area contributed by atoms with Gasteiger partial charge < -0.3 is 4.74 Å². The number of aryl methyl sites for hydroxylation is 2. The molecule has 2 rings (SSSR count). The van der Waals surface area contributed by atoms with Gasteiger partial charge in [0, 0.05) is 17.7 Å². The molecule has 0 unspecified atom stereocenters. The number of benzene rings is 2. The lowest BCUT2D eigenvalue weighted by atomic mass is 10.0. The fourth-order valence-electron chi connectivity index (χ4n) is 2.04. The number of halogens is 1. The van der Waals surface area contributed by atoms with Gasteiger partial charge in [-0.3, -0.25) is 10.1 Å². The summed E-state index contributed by atoms with van der Waals surface area (Å²) < 4.78 is 18.6. The van der Waals surface area contributed by atoms with E-state index in [1.54, 1.807) is 0 Å². The van der Waals surface area contributed by atoms with Gasteiger partial charge in [-0.2, -0.15) is 4.39 Å². The first-order valence-electron chi connectivity index (χ1n) is 6.16. The minimum Gasteiger partial charge on any atom is -0.496 e. The highest BCUT2D eigenvalue weighted by Gasteiger charge is 2.18. The van der Waals surface area contributed by atoms with Gasteiger partial charge in [-0.05, 0) is 18.4 Å². The molecule has 0 saturated heterocycles. The standard InChI is InChI=1S/C15H14FNO3/c1-20-15-10-13(16)14(17(18)19)9-12(15)8-7-11-5-3-2-4-6-11/h2-6,9-10H,7-8H2,1H3. The van der Waals surface area contributed by atoms with Crippen molar-refractivity contribution in [1.29, 1.82) is 0 Å². The molecule has 0 radical (unpaired) electrons. The van der Waals surface area contributed by atoms with Gasteiger partial charge in [0.1, 0.15) is 5.75 Å². The Hall–Kier alpha value is -2.43. The molecule has 104 valence electrons. The molecule has 20 heavy (non-hydrogen) atoms. The van der Waals surface area contributed by atoms with Gasteiger partial charge >= 0.3 is 5.69 Å². The second-order valence-corrected chi connectivity index (χ2v) is 4.36. The Morgan fingerprint density at radius 2 is 1.90 bits per heavy atom. The summed E-state index contributed by atoms with van der Waals surface area (Å²) in [6.07, 6.45) is 1.26. The van der Waals surface area contributed by atoms with Gasteiger partial charge in [-0.1, -0.05) is 30.3 Å². The molecule has 0 fully saturated rings. The Labute approximate surface area is 116 Å². The molecule has 0 N–H and O–H groups in total. The molecule has 2 aromatic rings. The van der Waals surface area contributed by atoms with Gasteiger partial charge in [0.2, 0.25) is 5.82 Å². The molecule has 5 heteroatoms. The first kappa shape index (κ1) is 14.0. The summed E-state index contributed by atoms with van der Waals surface area (Å²) in [6.45, 7) is 0. The summed E-state index contributed by atoms with van der Waals surface area (Å²) >= 11 is 0. The van der Waals surface area contributed by atoms with Gasteiger partial charge in [-0.25, -0.2) is 0 Å². The van der Waals surface area contributed by atoms with Gasteiger partial charge in [-0.15, -0.1) is 0 Å². The third kappa shape index (κ3) is 3.12. The molecule has 0 spiro atoms. The Balaban J connectivity index is 2.25. The van der Waals surface area contributed by atoms with Crippen LogP contribution in [0.4, 0.5) is 10.1 Å². The van der Waals surface area contributed by atoms with Crippen LogP contribution in [0.25, 0.3) is 0 Å². The predicted molar refractivity (Wildman–Crippen MR) is 73.5 cm³/mol. The summed E-state index contributed by atoms with van der Waals surface area (Å²) in [6, 6.07) is 12.1. The Kier molecular flexibility index (Phi) is 4.30. The van der Waals surface area contributed by atoms with Crippen molar-refractivity contribution in [1.82, 2.24) is 0 Å². The average molecular weight is 275 g/mol. The fourth-order valence-corrected chi connectivity index (χ4v) is 2.04. The molecule has 0 saturated carbocycles. The minimum absolute atomic E-state index is 0.337. The summed E-state index contributed by atoms with van der Waals surface area (Å²) in [4.78, 5) is 10.1. The third-order valence-electron chi connectivity index (χ3n) is 3.07. The van der Waals surface area contributed by atoms with E-state index < -0.39 is 16.4 Å². The van der Waals surface area contributed by atoms with Crippen molar-refractivity contribution in [3.63, 3.8) is 0 Å². The van der Waals surface area contributed by atoms with E-state index >= 15 is 0 Å². The van der Waals surface area contributed by atoms with Crippen molar-refractivity contribution < 1.29 is 14.1 Å². The van der Waals surface area contributed by atoms with Crippen molar-refractivity contribution in [2.24, 2.45) is 0 Å². The largest absolute Gasteiger partial charge is 0.496 e. The zero-order valence-corrected chi connectivity index (χ0v) is 11.0. The Morgan fingerprint density at radius 3 is 2.50 bits per heavy atom. The number of nitrogens with zero attached hydrogens (tertiary/aromatic N) is 1. The number of rotatable bonds is 5. The van der Waals surface area contributed by atoms with Crippen LogP contribution in [0.2, 0.25) is 0 Å². The van der Waals surface area contributed by atoms with E-state index in [0.717, 1.165) is 11.6 Å². The lowest BCUT2D eigenvalue weighted by Crippen LogP contribution is -2.00. The molecule has 4 nitrogen and oxygen atoms in total. The normalized spacial score (nSPS) is 10.3. The van der Waals surface area contributed by atoms with Crippen LogP contribution in [-0.2, 0) is 12.8 Å². The van der Waals surface area contributed by atoms with Crippen molar-refractivity contribution in [2.45, 2.75) is 12.8 Å². The molecule has 2 aromatic carbocycles. The molecule has 0 aliphatic heterocycles. The fraction of sp³-hybridized carbons (Fsp3) is 0.200. The van der Waals surface area contributed by atoms with Crippen LogP contribution in [0, 0.1) is 15.9 Å². The lowest BCUT2D eigenvalue weighted by Gasteiger charge is -2.09. The number of hydrogen-bond donors (Lipinski definition) is 0. The van der Waals surface area contributed by atoms with Gasteiger partial charge in [0.05, 0.1) is 12.0 Å². The summed E-state index contributed by atoms with van der Waals surface area (Å²) in [5.41, 5.74) is 1.22. The van der Waals surface area contributed by atoms with E-state index in [-0.39, 0.29) is 0 Å². The second kappa shape index (κ2) is 6.14. The van der Waals surface area contributed by atoms with Crippen molar-refractivity contribution in [2.75, 3.05) is 7.11 Å². The molecule has 0 bridgehead atoms. The van der Waals surface area contributed by atoms with E-state index in [9.17, 15) is 14.5 Å². The number of methoxy groups -OCH3 is 1. The average Bonchev–Trinajstić information content (AvgIpc) is 2.46. The van der Waals surface area contributed by atoms with E-state index in [1.165, 1.54) is 13.2 Å². The Bertz CT molecular complexity index is 614. The molecule has 0 aliphatic rings. The molecule has 0 aromatic heterocycles. The minimum atomic E-state index is -0.879. The van der Waals surface area contributed by atoms with Crippen molar-refractivity contribution >= 4 is 5.69 Å². The van der Waals surface area contributed by atoms with Crippen molar-refractivity contribution in [3.05, 3.63) is 69.5 Å². The highest BCUT2D eigenvalue weighted by molar-refractivity contribution is 5.45. The van der Waals surface area contributed by atoms with Gasteiger partial charge in [0.25, 0.3) is 0 Å². The molecular formula is C15H14FNO3.